The average molecular weight is 266 g/mol. The topological polar surface area (TPSA) is 26.3 Å². The van der Waals surface area contributed by atoms with E-state index >= 15 is 0 Å². The molecule has 2 heteroatoms. The monoisotopic (exact) mass is 266 g/mol. The van der Waals surface area contributed by atoms with Gasteiger partial charge in [0.1, 0.15) is 5.75 Å². The molecule has 0 radical (unpaired) electrons. The predicted octanol–water partition coefficient (Wildman–Crippen LogP) is 4.08. The van der Waals surface area contributed by atoms with E-state index in [-0.39, 0.29) is 5.78 Å². The van der Waals surface area contributed by atoms with E-state index in [4.69, 9.17) is 4.74 Å². The van der Waals surface area contributed by atoms with Gasteiger partial charge in [-0.1, -0.05) is 18.2 Å². The lowest BCUT2D eigenvalue weighted by atomic mass is 9.95. The summed E-state index contributed by atoms with van der Waals surface area (Å²) in [6.45, 7) is 3.95. The number of hydrogen-bond acceptors (Lipinski definition) is 2. The third kappa shape index (κ3) is 2.60. The fourth-order valence-corrected chi connectivity index (χ4v) is 2.38. The van der Waals surface area contributed by atoms with E-state index in [9.17, 15) is 4.79 Å². The first-order valence-corrected chi connectivity index (χ1v) is 7.03. The molecule has 0 aliphatic heterocycles. The molecule has 20 heavy (non-hydrogen) atoms. The molecule has 0 spiro atoms. The number of carbonyl (C=O) groups is 1. The van der Waals surface area contributed by atoms with Crippen molar-refractivity contribution in [2.75, 3.05) is 0 Å². The molecular formula is C18H18O2. The highest BCUT2D eigenvalue weighted by Gasteiger charge is 2.23. The van der Waals surface area contributed by atoms with Crippen molar-refractivity contribution in [1.29, 1.82) is 0 Å². The number of ketones is 1. The van der Waals surface area contributed by atoms with Crippen molar-refractivity contribution < 1.29 is 9.53 Å². The zero-order valence-corrected chi connectivity index (χ0v) is 11.8. The summed E-state index contributed by atoms with van der Waals surface area (Å²) < 4.78 is 5.70. The molecule has 0 aromatic heterocycles. The molecule has 0 amide bonds. The van der Waals surface area contributed by atoms with Gasteiger partial charge in [0.15, 0.2) is 5.78 Å². The molecule has 1 aliphatic carbocycles. The summed E-state index contributed by atoms with van der Waals surface area (Å²) >= 11 is 0. The van der Waals surface area contributed by atoms with Crippen LogP contribution in [0, 0.1) is 13.8 Å². The van der Waals surface area contributed by atoms with Gasteiger partial charge in [-0.2, -0.15) is 0 Å². The second-order valence-electron chi connectivity index (χ2n) is 5.44. The van der Waals surface area contributed by atoms with Crippen LogP contribution in [0.3, 0.4) is 0 Å². The van der Waals surface area contributed by atoms with Gasteiger partial charge in [0.2, 0.25) is 0 Å². The fraction of sp³-hybridized carbons (Fsp3) is 0.278. The number of benzene rings is 2. The van der Waals surface area contributed by atoms with E-state index in [1.54, 1.807) is 0 Å². The van der Waals surface area contributed by atoms with Crippen molar-refractivity contribution in [3.63, 3.8) is 0 Å². The molecule has 1 saturated carbocycles. The van der Waals surface area contributed by atoms with Crippen molar-refractivity contribution in [2.45, 2.75) is 32.8 Å². The number of hydrogen-bond donors (Lipinski definition) is 0. The van der Waals surface area contributed by atoms with E-state index in [1.165, 1.54) is 0 Å². The minimum Gasteiger partial charge on any atom is -0.490 e. The van der Waals surface area contributed by atoms with Crippen LogP contribution in [0.25, 0.3) is 0 Å². The summed E-state index contributed by atoms with van der Waals surface area (Å²) in [6.07, 6.45) is 2.67. The van der Waals surface area contributed by atoms with Crippen LogP contribution < -0.4 is 4.74 Å². The zero-order valence-electron chi connectivity index (χ0n) is 11.8. The largest absolute Gasteiger partial charge is 0.490 e. The maximum atomic E-state index is 12.6. The molecule has 2 aromatic carbocycles. The molecular weight excluding hydrogens is 248 g/mol. The van der Waals surface area contributed by atoms with Crippen LogP contribution in [0.2, 0.25) is 0 Å². The minimum atomic E-state index is 0.0820. The van der Waals surface area contributed by atoms with Gasteiger partial charge in [-0.3, -0.25) is 4.79 Å². The van der Waals surface area contributed by atoms with Crippen molar-refractivity contribution in [3.8, 4) is 5.75 Å². The molecule has 1 aliphatic rings. The molecule has 0 atom stereocenters. The molecule has 0 unspecified atom stereocenters. The Labute approximate surface area is 119 Å². The second-order valence-corrected chi connectivity index (χ2v) is 5.44. The lowest BCUT2D eigenvalue weighted by Gasteiger charge is -2.09. The Hall–Kier alpha value is -2.09. The van der Waals surface area contributed by atoms with Gasteiger partial charge in [-0.05, 0) is 62.1 Å². The van der Waals surface area contributed by atoms with Crippen molar-refractivity contribution in [2.24, 2.45) is 0 Å². The Balaban J connectivity index is 1.86. The molecule has 3 rings (SSSR count). The van der Waals surface area contributed by atoms with Gasteiger partial charge >= 0.3 is 0 Å². The van der Waals surface area contributed by atoms with Gasteiger partial charge in [-0.15, -0.1) is 0 Å². The van der Waals surface area contributed by atoms with Crippen LogP contribution >= 0.6 is 0 Å². The summed E-state index contributed by atoms with van der Waals surface area (Å²) in [5, 5.41) is 0. The number of aryl methyl sites for hydroxylation is 2. The van der Waals surface area contributed by atoms with Crippen molar-refractivity contribution in [1.82, 2.24) is 0 Å². The van der Waals surface area contributed by atoms with Crippen LogP contribution in [0.1, 0.15) is 39.9 Å². The Bertz CT molecular complexity index is 617. The van der Waals surface area contributed by atoms with Crippen molar-refractivity contribution >= 4 is 5.78 Å². The van der Waals surface area contributed by atoms with E-state index in [1.807, 2.05) is 56.3 Å². The van der Waals surface area contributed by atoms with Crippen LogP contribution in [-0.4, -0.2) is 11.9 Å². The molecule has 0 N–H and O–H groups in total. The molecule has 0 saturated heterocycles. The molecule has 0 bridgehead atoms. The van der Waals surface area contributed by atoms with E-state index in [0.717, 1.165) is 35.3 Å². The van der Waals surface area contributed by atoms with Gasteiger partial charge in [-0.25, -0.2) is 0 Å². The first kappa shape index (κ1) is 12.9. The average Bonchev–Trinajstić information content (AvgIpc) is 3.23. The minimum absolute atomic E-state index is 0.0820. The maximum Gasteiger partial charge on any atom is 0.193 e. The van der Waals surface area contributed by atoms with Crippen LogP contribution in [0.4, 0.5) is 0 Å². The third-order valence-corrected chi connectivity index (χ3v) is 3.65. The third-order valence-electron chi connectivity index (χ3n) is 3.65. The van der Waals surface area contributed by atoms with Gasteiger partial charge in [0.05, 0.1) is 6.10 Å². The fourth-order valence-electron chi connectivity index (χ4n) is 2.38. The summed E-state index contributed by atoms with van der Waals surface area (Å²) in [6, 6.07) is 13.4. The maximum absolute atomic E-state index is 12.6. The molecule has 102 valence electrons. The summed E-state index contributed by atoms with van der Waals surface area (Å²) in [5.41, 5.74) is 3.57. The lowest BCUT2D eigenvalue weighted by Crippen LogP contribution is -2.06. The Morgan fingerprint density at radius 1 is 1.00 bits per heavy atom. The van der Waals surface area contributed by atoms with Gasteiger partial charge < -0.3 is 4.74 Å². The van der Waals surface area contributed by atoms with E-state index in [0.29, 0.717) is 11.7 Å². The molecule has 2 nitrogen and oxygen atoms in total. The lowest BCUT2D eigenvalue weighted by molar-refractivity contribution is 0.103. The highest BCUT2D eigenvalue weighted by atomic mass is 16.5. The van der Waals surface area contributed by atoms with Gasteiger partial charge in [0, 0.05) is 11.1 Å². The van der Waals surface area contributed by atoms with Gasteiger partial charge in [0.25, 0.3) is 0 Å². The molecule has 2 aromatic rings. The standard InChI is InChI=1S/C18H18O2/c1-12-4-3-5-13(2)17(12)18(19)14-6-8-15(9-7-14)20-16-10-11-16/h3-9,16H,10-11H2,1-2H3. The van der Waals surface area contributed by atoms with E-state index in [2.05, 4.69) is 0 Å². The smallest absolute Gasteiger partial charge is 0.193 e. The quantitative estimate of drug-likeness (QED) is 0.780. The predicted molar refractivity (Wildman–Crippen MR) is 79.4 cm³/mol. The first-order chi connectivity index (χ1) is 9.65. The number of rotatable bonds is 4. The summed E-state index contributed by atoms with van der Waals surface area (Å²) in [4.78, 5) is 12.6. The summed E-state index contributed by atoms with van der Waals surface area (Å²) in [7, 11) is 0. The normalized spacial score (nSPS) is 14.1. The highest BCUT2D eigenvalue weighted by Crippen LogP contribution is 2.27. The SMILES string of the molecule is Cc1cccc(C)c1C(=O)c1ccc(OC2CC2)cc1. The van der Waals surface area contributed by atoms with Crippen LogP contribution in [0.15, 0.2) is 42.5 Å². The molecule has 1 fully saturated rings. The van der Waals surface area contributed by atoms with Crippen LogP contribution in [-0.2, 0) is 0 Å². The Morgan fingerprint density at radius 3 is 2.15 bits per heavy atom. The number of carbonyl (C=O) groups excluding carboxylic acids is 1. The number of ether oxygens (including phenoxy) is 1. The summed E-state index contributed by atoms with van der Waals surface area (Å²) in [5.74, 6) is 0.934. The van der Waals surface area contributed by atoms with E-state index < -0.39 is 0 Å². The molecule has 0 heterocycles. The Kier molecular flexibility index (Phi) is 3.31. The highest BCUT2D eigenvalue weighted by molar-refractivity contribution is 6.10. The zero-order chi connectivity index (χ0) is 14.1. The first-order valence-electron chi connectivity index (χ1n) is 7.03. The van der Waals surface area contributed by atoms with Crippen LogP contribution in [0.5, 0.6) is 5.75 Å². The Morgan fingerprint density at radius 2 is 1.60 bits per heavy atom. The van der Waals surface area contributed by atoms with Crippen molar-refractivity contribution in [3.05, 3.63) is 64.7 Å². The second kappa shape index (κ2) is 5.12.